The van der Waals surface area contributed by atoms with Crippen molar-refractivity contribution in [2.75, 3.05) is 31.2 Å². The van der Waals surface area contributed by atoms with Gasteiger partial charge < -0.3 is 15.0 Å². The minimum Gasteiger partial charge on any atom is -0.378 e. The van der Waals surface area contributed by atoms with Crippen LogP contribution in [0.15, 0.2) is 77.6 Å². The first-order valence-corrected chi connectivity index (χ1v) is 11.1. The van der Waals surface area contributed by atoms with E-state index < -0.39 is 5.82 Å². The molecule has 0 radical (unpaired) electrons. The second-order valence-corrected chi connectivity index (χ2v) is 8.03. The molecule has 0 unspecified atom stereocenters. The Labute approximate surface area is 195 Å². The average Bonchev–Trinajstić information content (AvgIpc) is 2.88. The molecule has 7 nitrogen and oxygen atoms in total. The smallest absolute Gasteiger partial charge is 0.267 e. The number of benzene rings is 3. The summed E-state index contributed by atoms with van der Waals surface area (Å²) in [6.45, 7) is 2.48. The molecule has 1 N–H and O–H groups in total. The largest absolute Gasteiger partial charge is 0.378 e. The van der Waals surface area contributed by atoms with E-state index in [1.165, 1.54) is 16.7 Å². The Morgan fingerprint density at radius 1 is 1.00 bits per heavy atom. The Balaban J connectivity index is 1.56. The SMILES string of the molecule is O=C(NCc1ccccc1)c1ccc2c(=O)n(-c3cccc(F)c3)c(N3CCOCC3)nc2c1. The summed E-state index contributed by atoms with van der Waals surface area (Å²) in [5.41, 5.74) is 1.87. The van der Waals surface area contributed by atoms with Crippen LogP contribution in [0.2, 0.25) is 0 Å². The van der Waals surface area contributed by atoms with Crippen molar-refractivity contribution in [1.82, 2.24) is 14.9 Å². The molecule has 1 amide bonds. The summed E-state index contributed by atoms with van der Waals surface area (Å²) < 4.78 is 20.9. The van der Waals surface area contributed by atoms with E-state index in [1.807, 2.05) is 35.2 Å². The van der Waals surface area contributed by atoms with Gasteiger partial charge in [-0.25, -0.2) is 13.9 Å². The van der Waals surface area contributed by atoms with Crippen LogP contribution in [0.3, 0.4) is 0 Å². The number of morpholine rings is 1. The molecule has 3 aromatic carbocycles. The maximum atomic E-state index is 14.0. The number of aromatic nitrogens is 2. The van der Waals surface area contributed by atoms with Crippen LogP contribution in [0.4, 0.5) is 10.3 Å². The van der Waals surface area contributed by atoms with E-state index in [0.29, 0.717) is 61.0 Å². The number of rotatable bonds is 5. The van der Waals surface area contributed by atoms with Crippen LogP contribution in [0.1, 0.15) is 15.9 Å². The number of hydrogen-bond donors (Lipinski definition) is 1. The molecule has 0 aliphatic carbocycles. The zero-order chi connectivity index (χ0) is 23.5. The van der Waals surface area contributed by atoms with Crippen LogP contribution < -0.4 is 15.8 Å². The van der Waals surface area contributed by atoms with Crippen LogP contribution in [0, 0.1) is 5.82 Å². The number of anilines is 1. The molecular formula is C26H23FN4O3. The number of halogens is 1. The van der Waals surface area contributed by atoms with Crippen molar-refractivity contribution in [3.05, 3.63) is 100 Å². The van der Waals surface area contributed by atoms with Crippen LogP contribution in [-0.4, -0.2) is 41.8 Å². The molecule has 0 bridgehead atoms. The van der Waals surface area contributed by atoms with Gasteiger partial charge in [0.25, 0.3) is 11.5 Å². The highest BCUT2D eigenvalue weighted by molar-refractivity contribution is 5.97. The highest BCUT2D eigenvalue weighted by atomic mass is 19.1. The predicted octanol–water partition coefficient (Wildman–Crippen LogP) is 3.29. The Morgan fingerprint density at radius 2 is 1.79 bits per heavy atom. The normalized spacial score (nSPS) is 13.7. The molecule has 0 spiro atoms. The van der Waals surface area contributed by atoms with Crippen LogP contribution in [0.5, 0.6) is 0 Å². The van der Waals surface area contributed by atoms with E-state index in [4.69, 9.17) is 9.72 Å². The monoisotopic (exact) mass is 458 g/mol. The van der Waals surface area contributed by atoms with Crippen molar-refractivity contribution in [3.8, 4) is 5.69 Å². The van der Waals surface area contributed by atoms with E-state index in [2.05, 4.69) is 5.32 Å². The van der Waals surface area contributed by atoms with E-state index in [9.17, 15) is 14.0 Å². The molecule has 0 saturated carbocycles. The molecule has 1 fully saturated rings. The average molecular weight is 458 g/mol. The Bertz CT molecular complexity index is 1400. The standard InChI is InChI=1S/C26H23FN4O3/c27-20-7-4-8-21(16-20)31-25(33)22-10-9-19(24(32)28-17-18-5-2-1-3-6-18)15-23(22)29-26(31)30-11-13-34-14-12-30/h1-10,15-16H,11-14,17H2,(H,28,32). The van der Waals surface area contributed by atoms with Crippen molar-refractivity contribution in [3.63, 3.8) is 0 Å². The first kappa shape index (κ1) is 21.8. The molecule has 0 atom stereocenters. The molecule has 34 heavy (non-hydrogen) atoms. The highest BCUT2D eigenvalue weighted by Crippen LogP contribution is 2.22. The van der Waals surface area contributed by atoms with E-state index in [0.717, 1.165) is 5.56 Å². The zero-order valence-electron chi connectivity index (χ0n) is 18.4. The number of carbonyl (C=O) groups excluding carboxylic acids is 1. The Morgan fingerprint density at radius 3 is 2.56 bits per heavy atom. The summed E-state index contributed by atoms with van der Waals surface area (Å²) in [6, 6.07) is 20.3. The van der Waals surface area contributed by atoms with E-state index in [-0.39, 0.29) is 11.5 Å². The molecule has 1 aliphatic rings. The Kier molecular flexibility index (Phi) is 6.05. The fourth-order valence-electron chi connectivity index (χ4n) is 4.02. The molecular weight excluding hydrogens is 435 g/mol. The maximum Gasteiger partial charge on any atom is 0.267 e. The first-order valence-electron chi connectivity index (χ1n) is 11.1. The number of nitrogens with zero attached hydrogens (tertiary/aromatic N) is 3. The van der Waals surface area contributed by atoms with E-state index >= 15 is 0 Å². The fourth-order valence-corrected chi connectivity index (χ4v) is 4.02. The molecule has 5 rings (SSSR count). The van der Waals surface area contributed by atoms with Gasteiger partial charge in [-0.3, -0.25) is 9.59 Å². The van der Waals surface area contributed by atoms with Gasteiger partial charge in [-0.15, -0.1) is 0 Å². The van der Waals surface area contributed by atoms with Gasteiger partial charge in [-0.05, 0) is 42.0 Å². The Hall–Kier alpha value is -4.04. The summed E-state index contributed by atoms with van der Waals surface area (Å²) >= 11 is 0. The fraction of sp³-hybridized carbons (Fsp3) is 0.192. The van der Waals surface area contributed by atoms with Crippen molar-refractivity contribution in [1.29, 1.82) is 0 Å². The van der Waals surface area contributed by atoms with Gasteiger partial charge in [0, 0.05) is 25.2 Å². The van der Waals surface area contributed by atoms with Crippen molar-refractivity contribution < 1.29 is 13.9 Å². The summed E-state index contributed by atoms with van der Waals surface area (Å²) in [5, 5.41) is 3.25. The predicted molar refractivity (Wildman–Crippen MR) is 128 cm³/mol. The zero-order valence-corrected chi connectivity index (χ0v) is 18.4. The van der Waals surface area contributed by atoms with Gasteiger partial charge in [-0.2, -0.15) is 0 Å². The van der Waals surface area contributed by atoms with Gasteiger partial charge in [0.2, 0.25) is 5.95 Å². The quantitative estimate of drug-likeness (QED) is 0.497. The number of hydrogen-bond acceptors (Lipinski definition) is 5. The lowest BCUT2D eigenvalue weighted by Gasteiger charge is -2.30. The molecule has 4 aromatic rings. The van der Waals surface area contributed by atoms with Gasteiger partial charge in [0.15, 0.2) is 0 Å². The lowest BCUT2D eigenvalue weighted by molar-refractivity contribution is 0.0951. The number of nitrogens with one attached hydrogen (secondary N) is 1. The number of amides is 1. The molecule has 1 saturated heterocycles. The third kappa shape index (κ3) is 4.40. The highest BCUT2D eigenvalue weighted by Gasteiger charge is 2.21. The maximum absolute atomic E-state index is 14.0. The molecule has 1 aromatic heterocycles. The second kappa shape index (κ2) is 9.44. The van der Waals surface area contributed by atoms with Gasteiger partial charge >= 0.3 is 0 Å². The molecule has 8 heteroatoms. The third-order valence-corrected chi connectivity index (χ3v) is 5.77. The number of fused-ring (bicyclic) bond motifs is 1. The number of carbonyl (C=O) groups is 1. The minimum absolute atomic E-state index is 0.255. The minimum atomic E-state index is -0.442. The lowest BCUT2D eigenvalue weighted by Crippen LogP contribution is -2.40. The number of ether oxygens (including phenoxy) is 1. The van der Waals surface area contributed by atoms with E-state index in [1.54, 1.807) is 30.3 Å². The van der Waals surface area contributed by atoms with Gasteiger partial charge in [0.1, 0.15) is 5.82 Å². The molecule has 2 heterocycles. The summed E-state index contributed by atoms with van der Waals surface area (Å²) in [5.74, 6) is -0.300. The second-order valence-electron chi connectivity index (χ2n) is 8.03. The van der Waals surface area contributed by atoms with Crippen molar-refractivity contribution >= 4 is 22.8 Å². The topological polar surface area (TPSA) is 76.5 Å². The van der Waals surface area contributed by atoms with Crippen molar-refractivity contribution in [2.24, 2.45) is 0 Å². The summed E-state index contributed by atoms with van der Waals surface area (Å²) in [6.07, 6.45) is 0. The van der Waals surface area contributed by atoms with Crippen LogP contribution >= 0.6 is 0 Å². The summed E-state index contributed by atoms with van der Waals surface area (Å²) in [4.78, 5) is 33.0. The van der Waals surface area contributed by atoms with Crippen molar-refractivity contribution in [2.45, 2.75) is 6.54 Å². The van der Waals surface area contributed by atoms with Gasteiger partial charge in [0.05, 0.1) is 29.8 Å². The van der Waals surface area contributed by atoms with Gasteiger partial charge in [-0.1, -0.05) is 36.4 Å². The third-order valence-electron chi connectivity index (χ3n) is 5.77. The van der Waals surface area contributed by atoms with Crippen LogP contribution in [-0.2, 0) is 11.3 Å². The summed E-state index contributed by atoms with van der Waals surface area (Å²) in [7, 11) is 0. The first-order chi connectivity index (χ1) is 16.6. The lowest BCUT2D eigenvalue weighted by atomic mass is 10.1. The molecule has 172 valence electrons. The molecule has 1 aliphatic heterocycles. The van der Waals surface area contributed by atoms with Crippen LogP contribution in [0.25, 0.3) is 16.6 Å².